The molecule has 2 aromatic heterocycles. The topological polar surface area (TPSA) is 42.3 Å². The smallest absolute Gasteiger partial charge is 0.170 e. The first-order chi connectivity index (χ1) is 13.0. The highest BCUT2D eigenvalue weighted by molar-refractivity contribution is 7.80. The predicted molar refractivity (Wildman–Crippen MR) is 113 cm³/mol. The summed E-state index contributed by atoms with van der Waals surface area (Å²) in [4.78, 5) is 6.92. The van der Waals surface area contributed by atoms with Crippen LogP contribution in [0.1, 0.15) is 61.0 Å². The summed E-state index contributed by atoms with van der Waals surface area (Å²) >= 11 is 5.72. The lowest BCUT2D eigenvalue weighted by molar-refractivity contribution is 0.180. The summed E-state index contributed by atoms with van der Waals surface area (Å²) in [6.45, 7) is 10.4. The van der Waals surface area contributed by atoms with Gasteiger partial charge in [0.1, 0.15) is 0 Å². The number of hydrogen-bond acceptors (Lipinski definition) is 3. The van der Waals surface area contributed by atoms with Crippen LogP contribution in [0.25, 0.3) is 0 Å². The summed E-state index contributed by atoms with van der Waals surface area (Å²) in [6, 6.07) is 8.98. The number of nitrogens with zero attached hydrogens (tertiary/aromatic N) is 3. The molecule has 27 heavy (non-hydrogen) atoms. The number of ether oxygens (including phenoxy) is 1. The van der Waals surface area contributed by atoms with Gasteiger partial charge < -0.3 is 19.5 Å². The van der Waals surface area contributed by atoms with E-state index in [1.165, 1.54) is 17.0 Å². The predicted octanol–water partition coefficient (Wildman–Crippen LogP) is 4.09. The van der Waals surface area contributed by atoms with E-state index in [9.17, 15) is 0 Å². The first kappa shape index (κ1) is 19.8. The number of aryl methyl sites for hydroxylation is 1. The first-order valence-corrected chi connectivity index (χ1v) is 10.0. The van der Waals surface area contributed by atoms with Crippen LogP contribution in [-0.4, -0.2) is 39.8 Å². The molecule has 0 saturated carbocycles. The quantitative estimate of drug-likeness (QED) is 0.573. The summed E-state index contributed by atoms with van der Waals surface area (Å²) in [5, 5.41) is 4.32. The Morgan fingerprint density at radius 3 is 2.67 bits per heavy atom. The zero-order valence-electron chi connectivity index (χ0n) is 16.9. The van der Waals surface area contributed by atoms with Crippen molar-refractivity contribution < 1.29 is 4.74 Å². The van der Waals surface area contributed by atoms with Crippen molar-refractivity contribution in [2.45, 2.75) is 52.2 Å². The third-order valence-corrected chi connectivity index (χ3v) is 5.66. The van der Waals surface area contributed by atoms with Crippen LogP contribution in [0.15, 0.2) is 30.5 Å². The van der Waals surface area contributed by atoms with Crippen molar-refractivity contribution in [1.82, 2.24) is 19.8 Å². The zero-order chi connectivity index (χ0) is 19.6. The van der Waals surface area contributed by atoms with E-state index in [4.69, 9.17) is 17.0 Å². The van der Waals surface area contributed by atoms with Crippen LogP contribution < -0.4 is 5.32 Å². The van der Waals surface area contributed by atoms with Gasteiger partial charge in [0.25, 0.3) is 0 Å². The Bertz CT molecular complexity index is 787. The molecule has 0 spiro atoms. The Morgan fingerprint density at radius 2 is 2.07 bits per heavy atom. The number of aromatic nitrogens is 2. The van der Waals surface area contributed by atoms with E-state index in [0.717, 1.165) is 30.4 Å². The number of methoxy groups -OCH3 is 1. The average Bonchev–Trinajstić information content (AvgIpc) is 3.12. The Balaban J connectivity index is 2.04. The maximum atomic E-state index is 5.72. The molecule has 0 aliphatic carbocycles. The SMILES string of the molecule is COCCCN1C(=S)N[C@H](c2ccccn2)[C@@H]1c1cc(C)n(C(C)C)c1C. The summed E-state index contributed by atoms with van der Waals surface area (Å²) in [6.07, 6.45) is 2.79. The molecule has 0 radical (unpaired) electrons. The summed E-state index contributed by atoms with van der Waals surface area (Å²) in [5.41, 5.74) is 4.93. The lowest BCUT2D eigenvalue weighted by atomic mass is 9.96. The minimum atomic E-state index is 0.0438. The summed E-state index contributed by atoms with van der Waals surface area (Å²) in [5.74, 6) is 0. The second-order valence-electron chi connectivity index (χ2n) is 7.46. The van der Waals surface area contributed by atoms with Gasteiger partial charge in [0, 0.05) is 43.9 Å². The molecule has 1 fully saturated rings. The number of nitrogens with one attached hydrogen (secondary N) is 1. The van der Waals surface area contributed by atoms with E-state index in [1.807, 2.05) is 18.3 Å². The van der Waals surface area contributed by atoms with Gasteiger partial charge in [-0.25, -0.2) is 0 Å². The molecule has 0 amide bonds. The van der Waals surface area contributed by atoms with E-state index in [2.05, 4.69) is 59.6 Å². The molecule has 5 nitrogen and oxygen atoms in total. The largest absolute Gasteiger partial charge is 0.385 e. The molecule has 2 aromatic rings. The highest BCUT2D eigenvalue weighted by Gasteiger charge is 2.41. The van der Waals surface area contributed by atoms with Gasteiger partial charge in [0.05, 0.1) is 17.8 Å². The number of pyridine rings is 1. The highest BCUT2D eigenvalue weighted by atomic mass is 32.1. The number of rotatable bonds is 7. The van der Waals surface area contributed by atoms with Crippen LogP contribution in [0.5, 0.6) is 0 Å². The fourth-order valence-electron chi connectivity index (χ4n) is 4.26. The molecule has 0 aromatic carbocycles. The molecule has 3 rings (SSSR count). The van der Waals surface area contributed by atoms with Gasteiger partial charge in [-0.1, -0.05) is 6.07 Å². The molecule has 1 aliphatic heterocycles. The van der Waals surface area contributed by atoms with Crippen LogP contribution in [0.3, 0.4) is 0 Å². The van der Waals surface area contributed by atoms with Crippen LogP contribution in [0, 0.1) is 13.8 Å². The van der Waals surface area contributed by atoms with Crippen molar-refractivity contribution in [2.24, 2.45) is 0 Å². The van der Waals surface area contributed by atoms with Gasteiger partial charge in [-0.2, -0.15) is 0 Å². The Kier molecular flexibility index (Phi) is 6.17. The Labute approximate surface area is 167 Å². The molecule has 146 valence electrons. The van der Waals surface area contributed by atoms with E-state index in [1.54, 1.807) is 7.11 Å². The minimum Gasteiger partial charge on any atom is -0.385 e. The molecule has 0 bridgehead atoms. The lowest BCUT2D eigenvalue weighted by Gasteiger charge is -2.28. The maximum absolute atomic E-state index is 5.72. The molecule has 1 aliphatic rings. The van der Waals surface area contributed by atoms with E-state index in [0.29, 0.717) is 6.04 Å². The average molecular weight is 387 g/mol. The van der Waals surface area contributed by atoms with Gasteiger partial charge in [-0.3, -0.25) is 4.98 Å². The van der Waals surface area contributed by atoms with Crippen LogP contribution >= 0.6 is 12.2 Å². The van der Waals surface area contributed by atoms with Crippen LogP contribution in [0.2, 0.25) is 0 Å². The van der Waals surface area contributed by atoms with Crippen molar-refractivity contribution >= 4 is 17.3 Å². The second kappa shape index (κ2) is 8.40. The van der Waals surface area contributed by atoms with Crippen molar-refractivity contribution in [3.63, 3.8) is 0 Å². The lowest BCUT2D eigenvalue weighted by Crippen LogP contribution is -2.31. The van der Waals surface area contributed by atoms with Crippen molar-refractivity contribution in [1.29, 1.82) is 0 Å². The van der Waals surface area contributed by atoms with E-state index < -0.39 is 0 Å². The molecule has 0 unspecified atom stereocenters. The monoisotopic (exact) mass is 386 g/mol. The Morgan fingerprint density at radius 1 is 1.30 bits per heavy atom. The molecular formula is C21H30N4OS. The summed E-state index contributed by atoms with van der Waals surface area (Å²) in [7, 11) is 1.74. The standard InChI is InChI=1S/C21H30N4OS/c1-14(2)25-15(3)13-17(16(25)4)20-19(18-9-6-7-10-22-18)23-21(27)24(20)11-8-12-26-5/h6-7,9-10,13-14,19-20H,8,11-12H2,1-5H3,(H,23,27)/t19-,20+/m1/s1. The molecule has 1 N–H and O–H groups in total. The Hall–Kier alpha value is -1.92. The molecule has 2 atom stereocenters. The first-order valence-electron chi connectivity index (χ1n) is 9.61. The van der Waals surface area contributed by atoms with Gasteiger partial charge in [0.2, 0.25) is 0 Å². The normalized spacial score (nSPS) is 19.8. The van der Waals surface area contributed by atoms with Gasteiger partial charge in [-0.05, 0) is 70.1 Å². The fourth-order valence-corrected chi connectivity index (χ4v) is 4.59. The third kappa shape index (κ3) is 3.87. The van der Waals surface area contributed by atoms with Crippen LogP contribution in [-0.2, 0) is 4.74 Å². The summed E-state index contributed by atoms with van der Waals surface area (Å²) < 4.78 is 7.66. The van der Waals surface area contributed by atoms with Crippen molar-refractivity contribution in [3.8, 4) is 0 Å². The molecular weight excluding hydrogens is 356 g/mol. The van der Waals surface area contributed by atoms with Crippen LogP contribution in [0.4, 0.5) is 0 Å². The maximum Gasteiger partial charge on any atom is 0.170 e. The minimum absolute atomic E-state index is 0.0438. The zero-order valence-corrected chi connectivity index (χ0v) is 17.7. The van der Waals surface area contributed by atoms with Crippen molar-refractivity contribution in [3.05, 3.63) is 53.1 Å². The molecule has 6 heteroatoms. The third-order valence-electron chi connectivity index (χ3n) is 5.30. The fraction of sp³-hybridized carbons (Fsp3) is 0.524. The van der Waals surface area contributed by atoms with Crippen molar-refractivity contribution in [2.75, 3.05) is 20.3 Å². The molecule has 3 heterocycles. The number of thiocarbonyl (C=S) groups is 1. The molecule has 1 saturated heterocycles. The van der Waals surface area contributed by atoms with Gasteiger partial charge in [-0.15, -0.1) is 0 Å². The van der Waals surface area contributed by atoms with E-state index >= 15 is 0 Å². The second-order valence-corrected chi connectivity index (χ2v) is 7.84. The number of hydrogen-bond donors (Lipinski definition) is 1. The van der Waals surface area contributed by atoms with Gasteiger partial charge >= 0.3 is 0 Å². The van der Waals surface area contributed by atoms with Gasteiger partial charge in [0.15, 0.2) is 5.11 Å². The van der Waals surface area contributed by atoms with E-state index in [-0.39, 0.29) is 12.1 Å². The highest BCUT2D eigenvalue weighted by Crippen LogP contribution is 2.41.